The summed E-state index contributed by atoms with van der Waals surface area (Å²) in [7, 11) is 0. The highest BCUT2D eigenvalue weighted by Crippen LogP contribution is 2.46. The lowest BCUT2D eigenvalue weighted by atomic mass is 9.79. The zero-order chi connectivity index (χ0) is 16.3. The predicted octanol–water partition coefficient (Wildman–Crippen LogP) is 1.44. The van der Waals surface area contributed by atoms with Crippen LogP contribution >= 0.6 is 0 Å². The maximum atomic E-state index is 12.7. The second kappa shape index (κ2) is 4.65. The first-order chi connectivity index (χ1) is 11.0. The first kappa shape index (κ1) is 13.9. The molecule has 4 rings (SSSR count). The van der Waals surface area contributed by atoms with Crippen molar-refractivity contribution in [3.8, 4) is 11.5 Å². The van der Waals surface area contributed by atoms with Crippen LogP contribution in [0.2, 0.25) is 0 Å². The Hall–Kier alpha value is -2.70. The van der Waals surface area contributed by atoms with Gasteiger partial charge in [-0.3, -0.25) is 9.59 Å². The van der Waals surface area contributed by atoms with Crippen LogP contribution in [0, 0.1) is 0 Å². The van der Waals surface area contributed by atoms with Crippen LogP contribution in [0.1, 0.15) is 49.1 Å². The number of hydrogen-bond acceptors (Lipinski definition) is 6. The molecule has 2 aromatic rings. The normalized spacial score (nSPS) is 19.1. The summed E-state index contributed by atoms with van der Waals surface area (Å²) in [5.74, 6) is -1.97. The zero-order valence-electron chi connectivity index (χ0n) is 11.9. The van der Waals surface area contributed by atoms with E-state index < -0.39 is 29.2 Å². The minimum Gasteiger partial charge on any atom is -0.507 e. The molecule has 0 fully saturated rings. The summed E-state index contributed by atoms with van der Waals surface area (Å²) in [6.45, 7) is -0.111. The Bertz CT molecular complexity index is 883. The monoisotopic (exact) mass is 312 g/mol. The van der Waals surface area contributed by atoms with Crippen LogP contribution in [0.3, 0.4) is 0 Å². The van der Waals surface area contributed by atoms with Crippen LogP contribution in [0.4, 0.5) is 0 Å². The summed E-state index contributed by atoms with van der Waals surface area (Å²) in [5, 5.41) is 31.0. The predicted molar refractivity (Wildman–Crippen MR) is 77.7 cm³/mol. The Kier molecular flexibility index (Phi) is 2.81. The van der Waals surface area contributed by atoms with Gasteiger partial charge in [0.15, 0.2) is 11.6 Å². The second-order valence-corrected chi connectivity index (χ2v) is 5.57. The number of ether oxygens (including phenoxy) is 1. The Labute approximate surface area is 130 Å². The summed E-state index contributed by atoms with van der Waals surface area (Å²) < 4.78 is 5.15. The highest BCUT2D eigenvalue weighted by molar-refractivity contribution is 6.30. The standard InChI is InChI=1S/C17H12O6/c18-10-6-23-5-9-11(10)17(22)13-12(16(9)21)14(19)7-3-1-2-4-8(7)15(13)20/h1-4,10,18,21-22H,5-6H2. The van der Waals surface area contributed by atoms with Crippen molar-refractivity contribution in [1.82, 2.24) is 0 Å². The molecule has 0 radical (unpaired) electrons. The van der Waals surface area contributed by atoms with Crippen molar-refractivity contribution < 1.29 is 29.6 Å². The number of carbonyl (C=O) groups is 2. The molecule has 1 aliphatic carbocycles. The molecule has 0 aromatic heterocycles. The molecule has 0 saturated carbocycles. The molecule has 1 heterocycles. The molecule has 2 aliphatic rings. The quantitative estimate of drug-likeness (QED) is 0.543. The molecular weight excluding hydrogens is 300 g/mol. The molecular formula is C17H12O6. The van der Waals surface area contributed by atoms with Crippen LogP contribution in [-0.4, -0.2) is 33.5 Å². The van der Waals surface area contributed by atoms with Gasteiger partial charge in [-0.25, -0.2) is 0 Å². The van der Waals surface area contributed by atoms with Gasteiger partial charge in [0.05, 0.1) is 24.3 Å². The lowest BCUT2D eigenvalue weighted by Crippen LogP contribution is -2.25. The summed E-state index contributed by atoms with van der Waals surface area (Å²) in [4.78, 5) is 25.4. The fourth-order valence-corrected chi connectivity index (χ4v) is 3.24. The Morgan fingerprint density at radius 2 is 1.52 bits per heavy atom. The van der Waals surface area contributed by atoms with Gasteiger partial charge in [0, 0.05) is 22.3 Å². The van der Waals surface area contributed by atoms with Crippen LogP contribution < -0.4 is 0 Å². The van der Waals surface area contributed by atoms with Crippen LogP contribution in [0.25, 0.3) is 0 Å². The molecule has 0 saturated heterocycles. The molecule has 116 valence electrons. The number of rotatable bonds is 0. The van der Waals surface area contributed by atoms with E-state index in [0.717, 1.165) is 0 Å². The van der Waals surface area contributed by atoms with E-state index in [0.29, 0.717) is 0 Å². The SMILES string of the molecule is O=C1c2ccccc2C(=O)c2c(O)c3c(c(O)c21)COCC3O. The van der Waals surface area contributed by atoms with Gasteiger partial charge in [-0.05, 0) is 0 Å². The largest absolute Gasteiger partial charge is 0.507 e. The van der Waals surface area contributed by atoms with E-state index in [1.807, 2.05) is 0 Å². The summed E-state index contributed by atoms with van der Waals surface area (Å²) in [5.41, 5.74) is 0.0419. The van der Waals surface area contributed by atoms with Gasteiger partial charge in [0.25, 0.3) is 0 Å². The summed E-state index contributed by atoms with van der Waals surface area (Å²) >= 11 is 0. The topological polar surface area (TPSA) is 104 Å². The maximum Gasteiger partial charge on any atom is 0.198 e. The molecule has 1 unspecified atom stereocenters. The van der Waals surface area contributed by atoms with Crippen molar-refractivity contribution in [2.24, 2.45) is 0 Å². The minimum absolute atomic E-state index is 0.0491. The van der Waals surface area contributed by atoms with Crippen LogP contribution in [0.5, 0.6) is 11.5 Å². The number of phenolic OH excluding ortho intramolecular Hbond substituents is 2. The van der Waals surface area contributed by atoms with E-state index in [9.17, 15) is 24.9 Å². The number of ketones is 2. The van der Waals surface area contributed by atoms with Crippen molar-refractivity contribution in [3.05, 3.63) is 57.6 Å². The van der Waals surface area contributed by atoms with Crippen molar-refractivity contribution in [2.45, 2.75) is 12.7 Å². The molecule has 1 aliphatic heterocycles. The summed E-state index contributed by atoms with van der Waals surface area (Å²) in [6, 6.07) is 6.23. The lowest BCUT2D eigenvalue weighted by Gasteiger charge is -2.28. The van der Waals surface area contributed by atoms with Gasteiger partial charge >= 0.3 is 0 Å². The molecule has 0 bridgehead atoms. The lowest BCUT2D eigenvalue weighted by molar-refractivity contribution is 0.00708. The number of benzene rings is 2. The number of aliphatic hydroxyl groups is 1. The van der Waals surface area contributed by atoms with E-state index in [1.165, 1.54) is 12.1 Å². The first-order valence-electron chi connectivity index (χ1n) is 7.07. The average Bonchev–Trinajstić information content (AvgIpc) is 2.55. The third-order valence-electron chi connectivity index (χ3n) is 4.32. The molecule has 0 amide bonds. The van der Waals surface area contributed by atoms with Gasteiger partial charge in [0.1, 0.15) is 17.6 Å². The van der Waals surface area contributed by atoms with Crippen molar-refractivity contribution in [3.63, 3.8) is 0 Å². The van der Waals surface area contributed by atoms with Crippen LogP contribution in [-0.2, 0) is 11.3 Å². The first-order valence-corrected chi connectivity index (χ1v) is 7.07. The van der Waals surface area contributed by atoms with Gasteiger partial charge in [0.2, 0.25) is 0 Å². The molecule has 0 spiro atoms. The molecule has 6 heteroatoms. The van der Waals surface area contributed by atoms with Gasteiger partial charge in [-0.1, -0.05) is 24.3 Å². The molecule has 23 heavy (non-hydrogen) atoms. The van der Waals surface area contributed by atoms with Crippen LogP contribution in [0.15, 0.2) is 24.3 Å². The minimum atomic E-state index is -1.17. The Morgan fingerprint density at radius 1 is 0.957 bits per heavy atom. The third kappa shape index (κ3) is 1.70. The van der Waals surface area contributed by atoms with Crippen molar-refractivity contribution >= 4 is 11.6 Å². The highest BCUT2D eigenvalue weighted by Gasteiger charge is 2.39. The zero-order valence-corrected chi connectivity index (χ0v) is 11.9. The van der Waals surface area contributed by atoms with E-state index in [1.54, 1.807) is 12.1 Å². The van der Waals surface area contributed by atoms with E-state index in [2.05, 4.69) is 0 Å². The fourth-order valence-electron chi connectivity index (χ4n) is 3.24. The van der Waals surface area contributed by atoms with Gasteiger partial charge < -0.3 is 20.1 Å². The third-order valence-corrected chi connectivity index (χ3v) is 4.32. The molecule has 3 N–H and O–H groups in total. The number of hydrogen-bond donors (Lipinski definition) is 3. The average molecular weight is 312 g/mol. The number of carbonyl (C=O) groups excluding carboxylic acids is 2. The number of aromatic hydroxyl groups is 2. The Balaban J connectivity index is 2.10. The van der Waals surface area contributed by atoms with Gasteiger partial charge in [-0.2, -0.15) is 0 Å². The van der Waals surface area contributed by atoms with E-state index in [4.69, 9.17) is 4.74 Å². The number of phenols is 2. The van der Waals surface area contributed by atoms with E-state index in [-0.39, 0.29) is 46.6 Å². The molecule has 2 aromatic carbocycles. The molecule has 6 nitrogen and oxygen atoms in total. The molecule has 1 atom stereocenters. The van der Waals surface area contributed by atoms with Gasteiger partial charge in [-0.15, -0.1) is 0 Å². The fraction of sp³-hybridized carbons (Fsp3) is 0.176. The number of aliphatic hydroxyl groups excluding tert-OH is 1. The highest BCUT2D eigenvalue weighted by atomic mass is 16.5. The Morgan fingerprint density at radius 3 is 2.13 bits per heavy atom. The van der Waals surface area contributed by atoms with Crippen molar-refractivity contribution in [1.29, 1.82) is 0 Å². The van der Waals surface area contributed by atoms with E-state index >= 15 is 0 Å². The second-order valence-electron chi connectivity index (χ2n) is 5.57. The van der Waals surface area contributed by atoms with Crippen molar-refractivity contribution in [2.75, 3.05) is 6.61 Å². The summed E-state index contributed by atoms with van der Waals surface area (Å²) in [6.07, 6.45) is -1.17. The number of fused-ring (bicyclic) bond motifs is 3. The maximum absolute atomic E-state index is 12.7. The smallest absolute Gasteiger partial charge is 0.198 e.